The first-order chi connectivity index (χ1) is 8.45. The van der Waals surface area contributed by atoms with Crippen molar-refractivity contribution in [2.75, 3.05) is 0 Å². The van der Waals surface area contributed by atoms with Crippen LogP contribution in [0.25, 0.3) is 0 Å². The zero-order valence-corrected chi connectivity index (χ0v) is 10.5. The van der Waals surface area contributed by atoms with Gasteiger partial charge >= 0.3 is 0 Å². The zero-order valence-electron chi connectivity index (χ0n) is 10.5. The number of carbonyl (C=O) groups excluding carboxylic acids is 1. The molecular weight excluding hydrogens is 231 g/mol. The molecule has 3 nitrogen and oxygen atoms in total. The number of rotatable bonds is 5. The molecule has 1 atom stereocenters. The molecule has 1 rings (SSSR count). The Balaban J connectivity index is 2.75. The molecule has 0 bridgehead atoms. The molecule has 4 heteroatoms. The van der Waals surface area contributed by atoms with Crippen molar-refractivity contribution >= 4 is 5.91 Å². The largest absolute Gasteiger partial charge is 0.366 e. The number of nitrogens with two attached hydrogens (primary N) is 1. The maximum Gasteiger partial charge on any atom is 0.248 e. The molecule has 96 valence electrons. The van der Waals surface area contributed by atoms with E-state index in [1.54, 1.807) is 0 Å². The monoisotopic (exact) mass is 248 g/mol. The maximum atomic E-state index is 13.7. The van der Waals surface area contributed by atoms with Gasteiger partial charge in [-0.1, -0.05) is 25.8 Å². The summed E-state index contributed by atoms with van der Waals surface area (Å²) < 4.78 is 13.7. The van der Waals surface area contributed by atoms with Crippen LogP contribution in [0, 0.1) is 24.1 Å². The van der Waals surface area contributed by atoms with E-state index in [1.165, 1.54) is 12.1 Å². The smallest absolute Gasteiger partial charge is 0.248 e. The van der Waals surface area contributed by atoms with Crippen LogP contribution in [0.2, 0.25) is 0 Å². The van der Waals surface area contributed by atoms with E-state index in [4.69, 9.17) is 12.2 Å². The Labute approximate surface area is 107 Å². The molecule has 0 heterocycles. The van der Waals surface area contributed by atoms with Crippen molar-refractivity contribution < 1.29 is 9.18 Å². The molecule has 3 N–H and O–H groups in total. The number of amides is 1. The Hall–Kier alpha value is -1.86. The van der Waals surface area contributed by atoms with Crippen LogP contribution in [0.3, 0.4) is 0 Å². The summed E-state index contributed by atoms with van der Waals surface area (Å²) in [6.07, 6.45) is 5.37. The average Bonchev–Trinajstić information content (AvgIpc) is 2.30. The normalized spacial score (nSPS) is 12.2. The average molecular weight is 248 g/mol. The molecule has 0 aliphatic rings. The van der Waals surface area contributed by atoms with Crippen molar-refractivity contribution in [3.8, 4) is 12.3 Å². The topological polar surface area (TPSA) is 55.1 Å². The molecule has 1 amide bonds. The second-order valence-corrected chi connectivity index (χ2v) is 4.44. The third kappa shape index (κ3) is 3.57. The van der Waals surface area contributed by atoms with Crippen molar-refractivity contribution in [1.29, 1.82) is 0 Å². The van der Waals surface area contributed by atoms with Gasteiger partial charge in [-0.2, -0.15) is 0 Å². The Morgan fingerprint density at radius 3 is 2.67 bits per heavy atom. The van der Waals surface area contributed by atoms with E-state index in [0.717, 1.165) is 6.07 Å². The third-order valence-corrected chi connectivity index (χ3v) is 2.70. The number of carbonyl (C=O) groups is 1. The molecule has 0 spiro atoms. The number of hydrogen-bond donors (Lipinski definition) is 2. The number of halogens is 1. The van der Waals surface area contributed by atoms with Gasteiger partial charge in [0.25, 0.3) is 0 Å². The van der Waals surface area contributed by atoms with Gasteiger partial charge in [-0.15, -0.1) is 6.42 Å². The maximum absolute atomic E-state index is 13.7. The third-order valence-electron chi connectivity index (χ3n) is 2.70. The highest BCUT2D eigenvalue weighted by molar-refractivity contribution is 5.92. The van der Waals surface area contributed by atoms with Crippen LogP contribution in [0.5, 0.6) is 0 Å². The highest BCUT2D eigenvalue weighted by atomic mass is 19.1. The minimum absolute atomic E-state index is 0.111. The van der Waals surface area contributed by atoms with Gasteiger partial charge in [0.2, 0.25) is 5.91 Å². The van der Waals surface area contributed by atoms with Gasteiger partial charge in [-0.3, -0.25) is 10.1 Å². The fourth-order valence-corrected chi connectivity index (χ4v) is 1.55. The Morgan fingerprint density at radius 2 is 2.22 bits per heavy atom. The zero-order chi connectivity index (χ0) is 13.7. The van der Waals surface area contributed by atoms with Gasteiger partial charge < -0.3 is 5.73 Å². The first kappa shape index (κ1) is 14.2. The van der Waals surface area contributed by atoms with Crippen LogP contribution in [-0.4, -0.2) is 11.9 Å². The van der Waals surface area contributed by atoms with Gasteiger partial charge in [0.1, 0.15) is 5.82 Å². The second kappa shape index (κ2) is 6.18. The molecule has 0 radical (unpaired) electrons. The van der Waals surface area contributed by atoms with E-state index >= 15 is 0 Å². The van der Waals surface area contributed by atoms with E-state index in [-0.39, 0.29) is 17.5 Å². The first-order valence-corrected chi connectivity index (χ1v) is 5.73. The van der Waals surface area contributed by atoms with E-state index in [9.17, 15) is 9.18 Å². The lowest BCUT2D eigenvalue weighted by Gasteiger charge is -2.16. The summed E-state index contributed by atoms with van der Waals surface area (Å²) in [5.41, 5.74) is 5.69. The molecule has 0 fully saturated rings. The quantitative estimate of drug-likeness (QED) is 0.779. The summed E-state index contributed by atoms with van der Waals surface area (Å²) in [6, 6.07) is 4.07. The van der Waals surface area contributed by atoms with Gasteiger partial charge in [-0.25, -0.2) is 4.39 Å². The van der Waals surface area contributed by atoms with Crippen LogP contribution in [0.4, 0.5) is 4.39 Å². The molecule has 0 saturated heterocycles. The molecule has 0 aromatic heterocycles. The van der Waals surface area contributed by atoms with Crippen molar-refractivity contribution in [2.45, 2.75) is 26.4 Å². The van der Waals surface area contributed by atoms with Crippen molar-refractivity contribution in [3.63, 3.8) is 0 Å². The molecule has 0 aliphatic carbocycles. The SMILES string of the molecule is C#CC(NCc1ccc(C(N)=O)cc1F)C(C)C. The predicted octanol–water partition coefficient (Wildman–Crippen LogP) is 1.67. The lowest BCUT2D eigenvalue weighted by atomic mass is 10.0. The summed E-state index contributed by atoms with van der Waals surface area (Å²) in [4.78, 5) is 10.9. The van der Waals surface area contributed by atoms with E-state index in [0.29, 0.717) is 12.1 Å². The van der Waals surface area contributed by atoms with Gasteiger partial charge in [0.05, 0.1) is 6.04 Å². The van der Waals surface area contributed by atoms with Crippen molar-refractivity contribution in [2.24, 2.45) is 11.7 Å². The minimum Gasteiger partial charge on any atom is -0.366 e. The van der Waals surface area contributed by atoms with E-state index < -0.39 is 11.7 Å². The van der Waals surface area contributed by atoms with E-state index in [2.05, 4.69) is 11.2 Å². The predicted molar refractivity (Wildman–Crippen MR) is 69.2 cm³/mol. The second-order valence-electron chi connectivity index (χ2n) is 4.44. The lowest BCUT2D eigenvalue weighted by molar-refractivity contribution is 0.1000. The summed E-state index contributed by atoms with van der Waals surface area (Å²) in [6.45, 7) is 4.30. The summed E-state index contributed by atoms with van der Waals surface area (Å²) in [5, 5.41) is 3.08. The molecule has 1 aromatic carbocycles. The standard InChI is InChI=1S/C14H17FN2O/c1-4-13(9(2)3)17-8-11-6-5-10(14(16)18)7-12(11)15/h1,5-7,9,13,17H,8H2,2-3H3,(H2,16,18). The molecule has 1 aromatic rings. The van der Waals surface area contributed by atoms with Crippen LogP contribution >= 0.6 is 0 Å². The van der Waals surface area contributed by atoms with Gasteiger partial charge in [0, 0.05) is 17.7 Å². The summed E-state index contributed by atoms with van der Waals surface area (Å²) in [7, 11) is 0. The highest BCUT2D eigenvalue weighted by Gasteiger charge is 2.11. The number of nitrogens with one attached hydrogen (secondary N) is 1. The molecule has 1 unspecified atom stereocenters. The van der Waals surface area contributed by atoms with Gasteiger partial charge in [-0.05, 0) is 18.1 Å². The molecule has 0 aliphatic heterocycles. The van der Waals surface area contributed by atoms with Crippen molar-refractivity contribution in [3.05, 3.63) is 35.1 Å². The number of primary amides is 1. The van der Waals surface area contributed by atoms with Crippen LogP contribution < -0.4 is 11.1 Å². The molecule has 0 saturated carbocycles. The van der Waals surface area contributed by atoms with Crippen LogP contribution in [-0.2, 0) is 6.54 Å². The molecule has 18 heavy (non-hydrogen) atoms. The molecular formula is C14H17FN2O. The lowest BCUT2D eigenvalue weighted by Crippen LogP contribution is -2.32. The number of hydrogen-bond acceptors (Lipinski definition) is 2. The number of terminal acetylenes is 1. The summed E-state index contributed by atoms with van der Waals surface area (Å²) in [5.74, 6) is 1.78. The minimum atomic E-state index is -0.642. The first-order valence-electron chi connectivity index (χ1n) is 5.73. The van der Waals surface area contributed by atoms with Gasteiger partial charge in [0.15, 0.2) is 0 Å². The number of benzene rings is 1. The Bertz CT molecular complexity index is 477. The van der Waals surface area contributed by atoms with Crippen LogP contribution in [0.15, 0.2) is 18.2 Å². The fourth-order valence-electron chi connectivity index (χ4n) is 1.55. The van der Waals surface area contributed by atoms with Crippen LogP contribution in [0.1, 0.15) is 29.8 Å². The van der Waals surface area contributed by atoms with Crippen molar-refractivity contribution in [1.82, 2.24) is 5.32 Å². The summed E-state index contributed by atoms with van der Waals surface area (Å²) >= 11 is 0. The van der Waals surface area contributed by atoms with E-state index in [1.807, 2.05) is 13.8 Å². The Kier molecular flexibility index (Phi) is 4.87. The highest BCUT2D eigenvalue weighted by Crippen LogP contribution is 2.11. The fraction of sp³-hybridized carbons (Fsp3) is 0.357. The Morgan fingerprint density at radius 1 is 1.56 bits per heavy atom.